The number of nitrogens with zero attached hydrogens (tertiary/aromatic N) is 2. The number of hydrogen-bond donors (Lipinski definition) is 0. The van der Waals surface area contributed by atoms with Crippen LogP contribution in [0.2, 0.25) is 0 Å². The lowest BCUT2D eigenvalue weighted by Crippen LogP contribution is -1.93. The van der Waals surface area contributed by atoms with Crippen LogP contribution in [0.3, 0.4) is 0 Å². The van der Waals surface area contributed by atoms with Crippen molar-refractivity contribution in [2.24, 2.45) is 5.92 Å². The summed E-state index contributed by atoms with van der Waals surface area (Å²) >= 11 is 0. The molecular formula is C13H26N2. The van der Waals surface area contributed by atoms with Crippen molar-refractivity contribution in [1.82, 2.24) is 9.97 Å². The molecular weight excluding hydrogens is 184 g/mol. The molecule has 0 spiro atoms. The fraction of sp³-hybridized carbons (Fsp3) is 0.692. The molecule has 15 heavy (non-hydrogen) atoms. The zero-order valence-corrected chi connectivity index (χ0v) is 11.3. The minimum Gasteiger partial charge on any atom is -0.241 e. The molecule has 0 atom stereocenters. The Hall–Kier alpha value is -0.920. The maximum Gasteiger partial charge on any atom is 0.130 e. The zero-order chi connectivity index (χ0) is 12.3. The van der Waals surface area contributed by atoms with Gasteiger partial charge in [0.2, 0.25) is 0 Å². The lowest BCUT2D eigenvalue weighted by molar-refractivity contribution is 0.737. The van der Waals surface area contributed by atoms with Crippen LogP contribution in [-0.2, 0) is 0 Å². The van der Waals surface area contributed by atoms with Crippen molar-refractivity contribution in [3.05, 3.63) is 24.3 Å². The first-order valence-corrected chi connectivity index (χ1v) is 5.81. The smallest absolute Gasteiger partial charge is 0.130 e. The van der Waals surface area contributed by atoms with Crippen LogP contribution >= 0.6 is 0 Å². The molecule has 88 valence electrons. The molecule has 1 rings (SSSR count). The van der Waals surface area contributed by atoms with Crippen LogP contribution in [-0.4, -0.2) is 9.97 Å². The summed E-state index contributed by atoms with van der Waals surface area (Å²) in [6, 6.07) is 1.83. The Morgan fingerprint density at radius 2 is 1.20 bits per heavy atom. The van der Waals surface area contributed by atoms with Gasteiger partial charge in [-0.1, -0.05) is 48.5 Å². The SMILES string of the molecule is CC.CC(C)C.CC(C)c1ncccn1. The maximum atomic E-state index is 4.07. The molecule has 2 nitrogen and oxygen atoms in total. The highest BCUT2D eigenvalue weighted by atomic mass is 14.9. The average molecular weight is 210 g/mol. The molecule has 0 unspecified atom stereocenters. The van der Waals surface area contributed by atoms with Crippen molar-refractivity contribution >= 4 is 0 Å². The van der Waals surface area contributed by atoms with E-state index in [0.29, 0.717) is 5.92 Å². The van der Waals surface area contributed by atoms with E-state index in [9.17, 15) is 0 Å². The van der Waals surface area contributed by atoms with Gasteiger partial charge in [-0.2, -0.15) is 0 Å². The molecule has 0 N–H and O–H groups in total. The molecule has 1 aromatic heterocycles. The summed E-state index contributed by atoms with van der Waals surface area (Å²) in [6.45, 7) is 14.7. The van der Waals surface area contributed by atoms with Gasteiger partial charge in [0.25, 0.3) is 0 Å². The van der Waals surface area contributed by atoms with Crippen LogP contribution < -0.4 is 0 Å². The fourth-order valence-electron chi connectivity index (χ4n) is 0.609. The van der Waals surface area contributed by atoms with Gasteiger partial charge in [0.05, 0.1) is 0 Å². The molecule has 1 aromatic rings. The van der Waals surface area contributed by atoms with Gasteiger partial charge >= 0.3 is 0 Å². The third-order valence-electron chi connectivity index (χ3n) is 1.10. The Balaban J connectivity index is 0. The van der Waals surface area contributed by atoms with Gasteiger partial charge in [-0.3, -0.25) is 0 Å². The van der Waals surface area contributed by atoms with E-state index >= 15 is 0 Å². The van der Waals surface area contributed by atoms with E-state index in [1.165, 1.54) is 0 Å². The van der Waals surface area contributed by atoms with Crippen LogP contribution in [0.1, 0.15) is 60.2 Å². The summed E-state index contributed by atoms with van der Waals surface area (Å²) in [7, 11) is 0. The molecule has 0 aromatic carbocycles. The van der Waals surface area contributed by atoms with Gasteiger partial charge < -0.3 is 0 Å². The first-order chi connectivity index (χ1) is 7.04. The topological polar surface area (TPSA) is 25.8 Å². The number of aromatic nitrogens is 2. The van der Waals surface area contributed by atoms with E-state index in [0.717, 1.165) is 11.7 Å². The average Bonchev–Trinajstić information content (AvgIpc) is 2.21. The molecule has 0 aliphatic rings. The second-order valence-corrected chi connectivity index (χ2v) is 3.99. The van der Waals surface area contributed by atoms with E-state index in [2.05, 4.69) is 44.6 Å². The summed E-state index contributed by atoms with van der Waals surface area (Å²) < 4.78 is 0. The molecule has 0 aliphatic heterocycles. The first kappa shape index (κ1) is 16.5. The second-order valence-electron chi connectivity index (χ2n) is 3.99. The highest BCUT2D eigenvalue weighted by molar-refractivity contribution is 4.92. The third-order valence-corrected chi connectivity index (χ3v) is 1.10. The van der Waals surface area contributed by atoms with Gasteiger partial charge in [-0.15, -0.1) is 0 Å². The molecule has 0 radical (unpaired) electrons. The minimum absolute atomic E-state index is 0.436. The molecule has 0 amide bonds. The highest BCUT2D eigenvalue weighted by Crippen LogP contribution is 2.04. The standard InChI is InChI=1S/C7H10N2.C4H10.C2H6/c1-6(2)7-8-4-3-5-9-7;1-4(2)3;1-2/h3-6H,1-2H3;4H,1-3H3;1-2H3. The summed E-state index contributed by atoms with van der Waals surface area (Å²) in [4.78, 5) is 8.13. The Bertz CT molecular complexity index is 202. The van der Waals surface area contributed by atoms with Crippen LogP contribution in [0, 0.1) is 5.92 Å². The van der Waals surface area contributed by atoms with Crippen molar-refractivity contribution in [3.63, 3.8) is 0 Å². The van der Waals surface area contributed by atoms with Crippen LogP contribution in [0.15, 0.2) is 18.5 Å². The van der Waals surface area contributed by atoms with Crippen molar-refractivity contribution in [1.29, 1.82) is 0 Å². The maximum absolute atomic E-state index is 4.07. The van der Waals surface area contributed by atoms with E-state index in [1.54, 1.807) is 12.4 Å². The van der Waals surface area contributed by atoms with Crippen molar-refractivity contribution in [3.8, 4) is 0 Å². The Kier molecular flexibility index (Phi) is 12.3. The lowest BCUT2D eigenvalue weighted by Gasteiger charge is -1.98. The summed E-state index contributed by atoms with van der Waals surface area (Å²) in [5.74, 6) is 2.18. The normalized spacial score (nSPS) is 8.87. The summed E-state index contributed by atoms with van der Waals surface area (Å²) in [5.41, 5.74) is 0. The van der Waals surface area contributed by atoms with E-state index in [-0.39, 0.29) is 0 Å². The van der Waals surface area contributed by atoms with Gasteiger partial charge in [0.15, 0.2) is 0 Å². The van der Waals surface area contributed by atoms with Crippen LogP contribution in [0.25, 0.3) is 0 Å². The summed E-state index contributed by atoms with van der Waals surface area (Å²) in [6.07, 6.45) is 3.53. The Morgan fingerprint density at radius 3 is 1.40 bits per heavy atom. The lowest BCUT2D eigenvalue weighted by atomic mass is 10.2. The fourth-order valence-corrected chi connectivity index (χ4v) is 0.609. The van der Waals surface area contributed by atoms with Crippen molar-refractivity contribution in [2.75, 3.05) is 0 Å². The van der Waals surface area contributed by atoms with Gasteiger partial charge in [-0.25, -0.2) is 9.97 Å². The minimum atomic E-state index is 0.436. The number of rotatable bonds is 1. The molecule has 1 heterocycles. The van der Waals surface area contributed by atoms with Crippen LogP contribution in [0.4, 0.5) is 0 Å². The van der Waals surface area contributed by atoms with Gasteiger partial charge in [-0.05, 0) is 12.0 Å². The van der Waals surface area contributed by atoms with E-state index in [1.807, 2.05) is 19.9 Å². The van der Waals surface area contributed by atoms with E-state index in [4.69, 9.17) is 0 Å². The zero-order valence-electron chi connectivity index (χ0n) is 11.3. The van der Waals surface area contributed by atoms with E-state index < -0.39 is 0 Å². The predicted molar refractivity (Wildman–Crippen MR) is 68.0 cm³/mol. The van der Waals surface area contributed by atoms with Gasteiger partial charge in [0, 0.05) is 18.3 Å². The molecule has 2 heteroatoms. The molecule has 0 fully saturated rings. The highest BCUT2D eigenvalue weighted by Gasteiger charge is 1.97. The number of hydrogen-bond acceptors (Lipinski definition) is 2. The molecule has 0 saturated carbocycles. The summed E-state index contributed by atoms with van der Waals surface area (Å²) in [5, 5.41) is 0. The second kappa shape index (κ2) is 11.2. The van der Waals surface area contributed by atoms with Gasteiger partial charge in [0.1, 0.15) is 5.82 Å². The van der Waals surface area contributed by atoms with Crippen molar-refractivity contribution < 1.29 is 0 Å². The monoisotopic (exact) mass is 210 g/mol. The predicted octanol–water partition coefficient (Wildman–Crippen LogP) is 4.29. The Morgan fingerprint density at radius 1 is 0.867 bits per heavy atom. The molecule has 0 saturated heterocycles. The molecule has 0 bridgehead atoms. The quantitative estimate of drug-likeness (QED) is 0.691. The Labute approximate surface area is 95.2 Å². The first-order valence-electron chi connectivity index (χ1n) is 5.81. The third kappa shape index (κ3) is 13.1. The van der Waals surface area contributed by atoms with Crippen LogP contribution in [0.5, 0.6) is 0 Å². The largest absolute Gasteiger partial charge is 0.241 e. The molecule has 0 aliphatic carbocycles. The van der Waals surface area contributed by atoms with Crippen molar-refractivity contribution in [2.45, 2.75) is 54.4 Å².